The van der Waals surface area contributed by atoms with Crippen molar-refractivity contribution in [3.05, 3.63) is 48.3 Å². The van der Waals surface area contributed by atoms with Crippen molar-refractivity contribution in [2.45, 2.75) is 31.2 Å². The van der Waals surface area contributed by atoms with Crippen LogP contribution in [0.4, 0.5) is 4.39 Å². The van der Waals surface area contributed by atoms with Crippen LogP contribution in [0, 0.1) is 5.82 Å². The van der Waals surface area contributed by atoms with Crippen LogP contribution in [0.25, 0.3) is 0 Å². The average Bonchev–Trinajstić information content (AvgIpc) is 2.75. The number of nitrogens with zero attached hydrogens (tertiary/aromatic N) is 2. The number of hydrogen-bond acceptors (Lipinski definition) is 6. The van der Waals surface area contributed by atoms with E-state index in [9.17, 15) is 29.3 Å². The predicted octanol–water partition coefficient (Wildman–Crippen LogP) is 0.176. The Morgan fingerprint density at radius 2 is 1.70 bits per heavy atom. The summed E-state index contributed by atoms with van der Waals surface area (Å²) in [6.07, 6.45) is -1.82. The van der Waals surface area contributed by atoms with Crippen LogP contribution in [0.5, 0.6) is 0 Å². The van der Waals surface area contributed by atoms with Gasteiger partial charge in [0.1, 0.15) is 24.1 Å². The molecule has 0 unspecified atom stereocenters. The largest absolute Gasteiger partial charge is 0.388 e. The van der Waals surface area contributed by atoms with Gasteiger partial charge in [0.05, 0.1) is 6.61 Å². The molecule has 166 valence electrons. The van der Waals surface area contributed by atoms with Crippen molar-refractivity contribution in [1.29, 1.82) is 0 Å². The molecule has 30 heavy (non-hydrogen) atoms. The zero-order chi connectivity index (χ0) is 22.1. The van der Waals surface area contributed by atoms with Crippen molar-refractivity contribution >= 4 is 11.8 Å². The minimum absolute atomic E-state index is 0.0756. The number of benzene rings is 1. The standard InChI is InChI=1S/C21H29FN2O6/c1-2-19(27)23-9-3-4-12-30-14-18(26)20(28)17(25)13-24(11-10-23)21(29)15-5-7-16(22)8-6-15/h2,5-8,17-18,20,25-26,28H,1,3-4,9-14H2/t17-,18+,20+/m0/s1. The maximum Gasteiger partial charge on any atom is 0.254 e. The molecule has 1 heterocycles. The molecule has 1 saturated heterocycles. The lowest BCUT2D eigenvalue weighted by atomic mass is 10.1. The Morgan fingerprint density at radius 3 is 2.37 bits per heavy atom. The maximum atomic E-state index is 13.2. The van der Waals surface area contributed by atoms with Gasteiger partial charge in [-0.1, -0.05) is 6.58 Å². The van der Waals surface area contributed by atoms with E-state index in [4.69, 9.17) is 4.74 Å². The van der Waals surface area contributed by atoms with Crippen molar-refractivity contribution < 1.29 is 34.0 Å². The number of hydrogen-bond donors (Lipinski definition) is 3. The lowest BCUT2D eigenvalue weighted by Crippen LogP contribution is -2.49. The molecule has 2 amide bonds. The highest BCUT2D eigenvalue weighted by Gasteiger charge is 2.29. The van der Waals surface area contributed by atoms with Crippen molar-refractivity contribution in [2.75, 3.05) is 39.4 Å². The molecule has 8 nitrogen and oxygen atoms in total. The van der Waals surface area contributed by atoms with Gasteiger partial charge in [0, 0.05) is 38.3 Å². The summed E-state index contributed by atoms with van der Waals surface area (Å²) in [5.41, 5.74) is 0.199. The highest BCUT2D eigenvalue weighted by Crippen LogP contribution is 2.12. The average molecular weight is 424 g/mol. The number of halogens is 1. The summed E-state index contributed by atoms with van der Waals surface area (Å²) in [5.74, 6) is -1.27. The molecule has 2 rings (SSSR count). The van der Waals surface area contributed by atoms with Crippen molar-refractivity contribution in [3.63, 3.8) is 0 Å². The van der Waals surface area contributed by atoms with E-state index in [0.717, 1.165) is 12.1 Å². The van der Waals surface area contributed by atoms with Gasteiger partial charge in [-0.15, -0.1) is 0 Å². The smallest absolute Gasteiger partial charge is 0.254 e. The van der Waals surface area contributed by atoms with E-state index in [0.29, 0.717) is 26.0 Å². The third kappa shape index (κ3) is 6.88. The summed E-state index contributed by atoms with van der Waals surface area (Å²) >= 11 is 0. The minimum Gasteiger partial charge on any atom is -0.388 e. The lowest BCUT2D eigenvalue weighted by Gasteiger charge is -2.32. The molecule has 3 N–H and O–H groups in total. The molecule has 0 spiro atoms. The number of aliphatic hydroxyl groups is 3. The molecule has 0 saturated carbocycles. The second kappa shape index (κ2) is 11.8. The molecule has 1 aromatic rings. The summed E-state index contributed by atoms with van der Waals surface area (Å²) < 4.78 is 18.5. The molecule has 0 bridgehead atoms. The number of carbonyl (C=O) groups is 2. The number of amides is 2. The van der Waals surface area contributed by atoms with E-state index >= 15 is 0 Å². The Hall–Kier alpha value is -2.33. The first-order chi connectivity index (χ1) is 14.3. The summed E-state index contributed by atoms with van der Waals surface area (Å²) in [5, 5.41) is 30.6. The van der Waals surface area contributed by atoms with E-state index < -0.39 is 30.0 Å². The SMILES string of the molecule is C=CC(=O)N1CCCCOC[C@@H](O)[C@H](O)[C@@H](O)CN(C(=O)c2ccc(F)cc2)CC1. The molecule has 9 heteroatoms. The lowest BCUT2D eigenvalue weighted by molar-refractivity contribution is -0.126. The molecule has 1 aromatic carbocycles. The molecule has 1 fully saturated rings. The summed E-state index contributed by atoms with van der Waals surface area (Å²) in [7, 11) is 0. The third-order valence-electron chi connectivity index (χ3n) is 4.96. The Kier molecular flexibility index (Phi) is 9.38. The van der Waals surface area contributed by atoms with Gasteiger partial charge in [-0.05, 0) is 43.2 Å². The van der Waals surface area contributed by atoms with Crippen LogP contribution in [0.15, 0.2) is 36.9 Å². The minimum atomic E-state index is -1.53. The van der Waals surface area contributed by atoms with Gasteiger partial charge in [-0.2, -0.15) is 0 Å². The highest BCUT2D eigenvalue weighted by molar-refractivity contribution is 5.94. The second-order valence-electron chi connectivity index (χ2n) is 7.19. The van der Waals surface area contributed by atoms with E-state index in [1.807, 2.05) is 0 Å². The number of β-amino-alcohol motifs (C(OH)–C–C–N with tert-alkyl or cyclic N) is 1. The Balaban J connectivity index is 2.23. The molecular weight excluding hydrogens is 395 g/mol. The van der Waals surface area contributed by atoms with Crippen LogP contribution in [0.3, 0.4) is 0 Å². The van der Waals surface area contributed by atoms with Gasteiger partial charge >= 0.3 is 0 Å². The van der Waals surface area contributed by atoms with E-state index in [1.165, 1.54) is 23.1 Å². The topological polar surface area (TPSA) is 111 Å². The van der Waals surface area contributed by atoms with Crippen molar-refractivity contribution in [3.8, 4) is 0 Å². The Bertz CT molecular complexity index is 714. The van der Waals surface area contributed by atoms with Crippen LogP contribution < -0.4 is 0 Å². The normalized spacial score (nSPS) is 24.7. The van der Waals surface area contributed by atoms with E-state index in [1.54, 1.807) is 4.90 Å². The van der Waals surface area contributed by atoms with Gasteiger partial charge < -0.3 is 29.9 Å². The summed E-state index contributed by atoms with van der Waals surface area (Å²) in [6, 6.07) is 4.94. The van der Waals surface area contributed by atoms with Gasteiger partial charge in [0.25, 0.3) is 5.91 Å². The fraction of sp³-hybridized carbons (Fsp3) is 0.524. The summed E-state index contributed by atoms with van der Waals surface area (Å²) in [4.78, 5) is 27.9. The van der Waals surface area contributed by atoms with Gasteiger partial charge in [-0.25, -0.2) is 4.39 Å². The van der Waals surface area contributed by atoms with E-state index in [2.05, 4.69) is 6.58 Å². The Morgan fingerprint density at radius 1 is 1.03 bits per heavy atom. The van der Waals surface area contributed by atoms with Crippen molar-refractivity contribution in [1.82, 2.24) is 9.80 Å². The second-order valence-corrected chi connectivity index (χ2v) is 7.19. The summed E-state index contributed by atoms with van der Waals surface area (Å²) in [6.45, 7) is 4.08. The predicted molar refractivity (Wildman–Crippen MR) is 107 cm³/mol. The number of ether oxygens (including phenoxy) is 1. The van der Waals surface area contributed by atoms with E-state index in [-0.39, 0.29) is 37.7 Å². The van der Waals surface area contributed by atoms with Gasteiger partial charge in [0.15, 0.2) is 0 Å². The molecule has 3 atom stereocenters. The molecule has 0 aliphatic carbocycles. The monoisotopic (exact) mass is 424 g/mol. The van der Waals surface area contributed by atoms with Crippen LogP contribution >= 0.6 is 0 Å². The first-order valence-corrected chi connectivity index (χ1v) is 9.91. The highest BCUT2D eigenvalue weighted by atomic mass is 19.1. The quantitative estimate of drug-likeness (QED) is 0.584. The van der Waals surface area contributed by atoms with Crippen LogP contribution in [0.1, 0.15) is 23.2 Å². The number of carbonyl (C=O) groups excluding carboxylic acids is 2. The van der Waals surface area contributed by atoms with Crippen LogP contribution in [0.2, 0.25) is 0 Å². The van der Waals surface area contributed by atoms with Gasteiger partial charge in [0.2, 0.25) is 5.91 Å². The molecular formula is C21H29FN2O6. The number of rotatable bonds is 2. The molecule has 0 radical (unpaired) electrons. The first-order valence-electron chi connectivity index (χ1n) is 9.91. The Labute approximate surface area is 175 Å². The zero-order valence-corrected chi connectivity index (χ0v) is 16.8. The molecule has 1 aliphatic heterocycles. The van der Waals surface area contributed by atoms with Crippen LogP contribution in [-0.2, 0) is 9.53 Å². The van der Waals surface area contributed by atoms with Crippen molar-refractivity contribution in [2.24, 2.45) is 0 Å². The van der Waals surface area contributed by atoms with Gasteiger partial charge in [-0.3, -0.25) is 9.59 Å². The fourth-order valence-corrected chi connectivity index (χ4v) is 3.15. The molecule has 0 aromatic heterocycles. The molecule has 1 aliphatic rings. The first kappa shape index (κ1) is 23.9. The third-order valence-corrected chi connectivity index (χ3v) is 4.96. The van der Waals surface area contributed by atoms with Crippen LogP contribution in [-0.4, -0.2) is 94.6 Å². The maximum absolute atomic E-state index is 13.2. The fourth-order valence-electron chi connectivity index (χ4n) is 3.15. The zero-order valence-electron chi connectivity index (χ0n) is 16.8. The number of aliphatic hydroxyl groups excluding tert-OH is 3.